The van der Waals surface area contributed by atoms with Crippen LogP contribution in [0.5, 0.6) is 0 Å². The van der Waals surface area contributed by atoms with Crippen molar-refractivity contribution in [1.82, 2.24) is 15.1 Å². The molecule has 114 valence electrons. The summed E-state index contributed by atoms with van der Waals surface area (Å²) < 4.78 is 1.75. The van der Waals surface area contributed by atoms with Gasteiger partial charge in [0.1, 0.15) is 5.82 Å². The van der Waals surface area contributed by atoms with Crippen LogP contribution in [-0.4, -0.2) is 33.1 Å². The Morgan fingerprint density at radius 1 is 1.29 bits per heavy atom. The molecule has 0 radical (unpaired) electrons. The highest BCUT2D eigenvalue weighted by atomic mass is 16.3. The van der Waals surface area contributed by atoms with Crippen molar-refractivity contribution in [2.75, 3.05) is 5.32 Å². The summed E-state index contributed by atoms with van der Waals surface area (Å²) in [5.41, 5.74) is 1.81. The van der Waals surface area contributed by atoms with E-state index in [2.05, 4.69) is 20.7 Å². The molecule has 21 heavy (non-hydrogen) atoms. The maximum absolute atomic E-state index is 9.77. The molecule has 1 fully saturated rings. The smallest absolute Gasteiger partial charge is 0.228 e. The Morgan fingerprint density at radius 2 is 2.05 bits per heavy atom. The van der Waals surface area contributed by atoms with Gasteiger partial charge in [-0.25, -0.2) is 4.99 Å². The topological polar surface area (TPSA) is 74.5 Å². The Kier molecular flexibility index (Phi) is 3.96. The summed E-state index contributed by atoms with van der Waals surface area (Å²) in [6, 6.07) is 2.53. The minimum atomic E-state index is -0.812. The van der Waals surface area contributed by atoms with Crippen LogP contribution in [0, 0.1) is 6.92 Å². The van der Waals surface area contributed by atoms with Crippen molar-refractivity contribution in [2.24, 2.45) is 4.99 Å². The highest BCUT2D eigenvalue weighted by Crippen LogP contribution is 2.22. The molecule has 3 rings (SSSR count). The molecule has 6 heteroatoms. The van der Waals surface area contributed by atoms with Crippen molar-refractivity contribution >= 4 is 11.8 Å². The summed E-state index contributed by atoms with van der Waals surface area (Å²) in [4.78, 5) is 4.22. The van der Waals surface area contributed by atoms with E-state index in [4.69, 9.17) is 0 Å². The Morgan fingerprint density at radius 3 is 2.76 bits per heavy atom. The van der Waals surface area contributed by atoms with Crippen molar-refractivity contribution in [3.05, 3.63) is 23.5 Å². The molecule has 6 nitrogen and oxygen atoms in total. The van der Waals surface area contributed by atoms with Crippen LogP contribution in [0.4, 0.5) is 5.82 Å². The van der Waals surface area contributed by atoms with Crippen LogP contribution in [0.2, 0.25) is 0 Å². The first-order valence-electron chi connectivity index (χ1n) is 7.67. The molecule has 1 aliphatic carbocycles. The highest BCUT2D eigenvalue weighted by Gasteiger charge is 2.19. The number of aliphatic hydroxyl groups is 1. The lowest BCUT2D eigenvalue weighted by Gasteiger charge is -2.25. The van der Waals surface area contributed by atoms with Gasteiger partial charge in [0.05, 0.1) is 5.69 Å². The zero-order valence-corrected chi connectivity index (χ0v) is 12.6. The maximum Gasteiger partial charge on any atom is 0.228 e. The average molecular weight is 289 g/mol. The fourth-order valence-electron chi connectivity index (χ4n) is 2.96. The first kappa shape index (κ1) is 14.1. The second-order valence-corrected chi connectivity index (χ2v) is 5.90. The molecule has 0 aromatic carbocycles. The summed E-state index contributed by atoms with van der Waals surface area (Å²) in [5.74, 6) is 1.50. The molecule has 0 saturated heterocycles. The van der Waals surface area contributed by atoms with E-state index in [1.54, 1.807) is 10.8 Å². The summed E-state index contributed by atoms with van der Waals surface area (Å²) in [7, 11) is 0. The molecule has 0 spiro atoms. The van der Waals surface area contributed by atoms with E-state index >= 15 is 0 Å². The molecule has 1 atom stereocenters. The molecule has 3 N–H and O–H groups in total. The molecular formula is C15H23N5O. The van der Waals surface area contributed by atoms with Gasteiger partial charge in [-0.3, -0.25) is 0 Å². The van der Waals surface area contributed by atoms with Crippen LogP contribution >= 0.6 is 0 Å². The fraction of sp³-hybridized carbons (Fsp3) is 0.600. The van der Waals surface area contributed by atoms with Gasteiger partial charge < -0.3 is 15.7 Å². The number of aliphatic imine (C=N–C) groups is 1. The van der Waals surface area contributed by atoms with E-state index < -0.39 is 6.23 Å². The molecule has 2 heterocycles. The number of nitrogens with zero attached hydrogens (tertiary/aromatic N) is 3. The van der Waals surface area contributed by atoms with Crippen molar-refractivity contribution in [3.63, 3.8) is 0 Å². The molecule has 0 bridgehead atoms. The number of anilines is 1. The van der Waals surface area contributed by atoms with E-state index in [-0.39, 0.29) is 0 Å². The molecule has 1 unspecified atom stereocenters. The van der Waals surface area contributed by atoms with Crippen molar-refractivity contribution in [2.45, 2.75) is 58.2 Å². The summed E-state index contributed by atoms with van der Waals surface area (Å²) in [6.07, 6.45) is 7.16. The molecule has 1 aromatic heterocycles. The van der Waals surface area contributed by atoms with Crippen LogP contribution in [0.1, 0.15) is 44.7 Å². The third-order valence-electron chi connectivity index (χ3n) is 3.95. The van der Waals surface area contributed by atoms with Crippen molar-refractivity contribution in [1.29, 1.82) is 0 Å². The number of allylic oxidation sites excluding steroid dienone is 1. The number of aromatic nitrogens is 2. The van der Waals surface area contributed by atoms with E-state index in [9.17, 15) is 5.11 Å². The van der Waals surface area contributed by atoms with Gasteiger partial charge in [-0.2, -0.15) is 9.78 Å². The van der Waals surface area contributed by atoms with E-state index in [0.29, 0.717) is 12.0 Å². The number of hydrogen-bond acceptors (Lipinski definition) is 5. The highest BCUT2D eigenvalue weighted by molar-refractivity contribution is 5.86. The average Bonchev–Trinajstić information content (AvgIpc) is 2.80. The largest absolute Gasteiger partial charge is 0.368 e. The molecule has 1 saturated carbocycles. The SMILES string of the molecule is CC1=CC(O)N=C(n2nc(C)cc2NC2CCCCC2)N1. The number of hydrogen-bond donors (Lipinski definition) is 3. The summed E-state index contributed by atoms with van der Waals surface area (Å²) in [5, 5.41) is 21.0. The van der Waals surface area contributed by atoms with Gasteiger partial charge in [-0.05, 0) is 32.8 Å². The Balaban J connectivity index is 1.82. The number of nitrogens with one attached hydrogen (secondary N) is 2. The second-order valence-electron chi connectivity index (χ2n) is 5.90. The Bertz CT molecular complexity index is 569. The minimum absolute atomic E-state index is 0.499. The van der Waals surface area contributed by atoms with E-state index in [1.807, 2.05) is 19.9 Å². The normalized spacial score (nSPS) is 23.3. The molecule has 1 aliphatic heterocycles. The van der Waals surface area contributed by atoms with Gasteiger partial charge in [-0.1, -0.05) is 19.3 Å². The first-order chi connectivity index (χ1) is 10.1. The summed E-state index contributed by atoms with van der Waals surface area (Å²) >= 11 is 0. The minimum Gasteiger partial charge on any atom is -0.368 e. The molecule has 1 aromatic rings. The van der Waals surface area contributed by atoms with Crippen LogP contribution < -0.4 is 10.6 Å². The standard InChI is InChI=1S/C15H23N5O/c1-10-9-14(21)18-15(16-10)20-13(8-11(2)19-20)17-12-6-4-3-5-7-12/h8-9,12,14,17,21H,3-7H2,1-2H3,(H,16,18). The van der Waals surface area contributed by atoms with E-state index in [1.165, 1.54) is 32.1 Å². The van der Waals surface area contributed by atoms with Crippen LogP contribution in [-0.2, 0) is 0 Å². The predicted molar refractivity (Wildman–Crippen MR) is 83.2 cm³/mol. The van der Waals surface area contributed by atoms with Crippen molar-refractivity contribution < 1.29 is 5.11 Å². The lowest BCUT2D eigenvalue weighted by molar-refractivity contribution is 0.229. The second kappa shape index (κ2) is 5.89. The van der Waals surface area contributed by atoms with E-state index in [0.717, 1.165) is 17.2 Å². The van der Waals surface area contributed by atoms with Gasteiger partial charge in [0.2, 0.25) is 5.96 Å². The van der Waals surface area contributed by atoms with Crippen LogP contribution in [0.3, 0.4) is 0 Å². The Hall–Kier alpha value is -1.82. The molecular weight excluding hydrogens is 266 g/mol. The number of aliphatic hydroxyl groups excluding tert-OH is 1. The third-order valence-corrected chi connectivity index (χ3v) is 3.95. The Labute approximate surface area is 125 Å². The third kappa shape index (κ3) is 3.26. The maximum atomic E-state index is 9.77. The van der Waals surface area contributed by atoms with Crippen LogP contribution in [0.25, 0.3) is 0 Å². The van der Waals surface area contributed by atoms with Gasteiger partial charge in [0.15, 0.2) is 6.23 Å². The monoisotopic (exact) mass is 289 g/mol. The van der Waals surface area contributed by atoms with Crippen molar-refractivity contribution in [3.8, 4) is 0 Å². The zero-order valence-electron chi connectivity index (χ0n) is 12.6. The lowest BCUT2D eigenvalue weighted by atomic mass is 9.95. The van der Waals surface area contributed by atoms with Gasteiger partial charge >= 0.3 is 0 Å². The van der Waals surface area contributed by atoms with Gasteiger partial charge in [-0.15, -0.1) is 0 Å². The predicted octanol–water partition coefficient (Wildman–Crippen LogP) is 1.97. The van der Waals surface area contributed by atoms with Gasteiger partial charge in [0, 0.05) is 17.8 Å². The van der Waals surface area contributed by atoms with Crippen LogP contribution in [0.15, 0.2) is 22.8 Å². The quantitative estimate of drug-likeness (QED) is 0.778. The number of aryl methyl sites for hydroxylation is 1. The summed E-state index contributed by atoms with van der Waals surface area (Å²) in [6.45, 7) is 3.87. The molecule has 2 aliphatic rings. The van der Waals surface area contributed by atoms with Gasteiger partial charge in [0.25, 0.3) is 0 Å². The molecule has 0 amide bonds. The zero-order chi connectivity index (χ0) is 14.8. The number of rotatable bonds is 2. The fourth-order valence-corrected chi connectivity index (χ4v) is 2.96. The lowest BCUT2D eigenvalue weighted by Crippen LogP contribution is -2.36. The first-order valence-corrected chi connectivity index (χ1v) is 7.67.